The summed E-state index contributed by atoms with van der Waals surface area (Å²) in [6.07, 6.45) is 3.65. The molecule has 1 aliphatic rings. The molecule has 5 heteroatoms. The lowest BCUT2D eigenvalue weighted by Gasteiger charge is -2.15. The van der Waals surface area contributed by atoms with Gasteiger partial charge in [0.05, 0.1) is 0 Å². The van der Waals surface area contributed by atoms with E-state index < -0.39 is 5.97 Å². The number of nitrogens with one attached hydrogen (secondary N) is 1. The monoisotopic (exact) mass is 226 g/mol. The van der Waals surface area contributed by atoms with E-state index in [1.807, 2.05) is 0 Å². The number of aromatic nitrogens is 1. The van der Waals surface area contributed by atoms with Gasteiger partial charge in [0.15, 0.2) is 10.8 Å². The first-order valence-corrected chi connectivity index (χ1v) is 6.00. The predicted molar refractivity (Wildman–Crippen MR) is 59.5 cm³/mol. The van der Waals surface area contributed by atoms with Gasteiger partial charge in [0.2, 0.25) is 0 Å². The summed E-state index contributed by atoms with van der Waals surface area (Å²) in [6, 6.07) is 0.456. The second kappa shape index (κ2) is 4.18. The van der Waals surface area contributed by atoms with Gasteiger partial charge >= 0.3 is 5.97 Å². The fraction of sp³-hybridized carbons (Fsp3) is 0.600. The van der Waals surface area contributed by atoms with E-state index >= 15 is 0 Å². The predicted octanol–water partition coefficient (Wildman–Crippen LogP) is 2.44. The summed E-state index contributed by atoms with van der Waals surface area (Å²) in [4.78, 5) is 14.6. The molecule has 2 unspecified atom stereocenters. The Morgan fingerprint density at radius 3 is 3.00 bits per heavy atom. The highest BCUT2D eigenvalue weighted by Crippen LogP contribution is 2.28. The minimum atomic E-state index is -0.959. The number of hydrogen-bond donors (Lipinski definition) is 2. The highest BCUT2D eigenvalue weighted by Gasteiger charge is 2.24. The zero-order valence-corrected chi connectivity index (χ0v) is 9.38. The van der Waals surface area contributed by atoms with Crippen LogP contribution in [0.1, 0.15) is 36.7 Å². The minimum absolute atomic E-state index is 0.133. The Morgan fingerprint density at radius 1 is 1.67 bits per heavy atom. The average Bonchev–Trinajstić information content (AvgIpc) is 2.77. The Labute approximate surface area is 92.3 Å². The third-order valence-electron chi connectivity index (χ3n) is 2.89. The van der Waals surface area contributed by atoms with Crippen LogP contribution in [0.3, 0.4) is 0 Å². The third-order valence-corrected chi connectivity index (χ3v) is 3.67. The van der Waals surface area contributed by atoms with Crippen LogP contribution in [0.25, 0.3) is 0 Å². The molecule has 1 aromatic rings. The van der Waals surface area contributed by atoms with Gasteiger partial charge in [-0.3, -0.25) is 0 Å². The van der Waals surface area contributed by atoms with Gasteiger partial charge in [-0.15, -0.1) is 11.3 Å². The van der Waals surface area contributed by atoms with Gasteiger partial charge < -0.3 is 10.4 Å². The molecule has 0 spiro atoms. The molecule has 82 valence electrons. The van der Waals surface area contributed by atoms with E-state index in [2.05, 4.69) is 17.2 Å². The topological polar surface area (TPSA) is 62.2 Å². The van der Waals surface area contributed by atoms with E-state index in [0.717, 1.165) is 11.6 Å². The SMILES string of the molecule is CC1CCCC1Nc1nc(C(=O)O)cs1. The van der Waals surface area contributed by atoms with Crippen LogP contribution in [-0.2, 0) is 0 Å². The highest BCUT2D eigenvalue weighted by atomic mass is 32.1. The van der Waals surface area contributed by atoms with Gasteiger partial charge in [0.1, 0.15) is 0 Å². The van der Waals surface area contributed by atoms with Crippen LogP contribution in [0.4, 0.5) is 5.13 Å². The summed E-state index contributed by atoms with van der Waals surface area (Å²) < 4.78 is 0. The van der Waals surface area contributed by atoms with Crippen molar-refractivity contribution in [2.75, 3.05) is 5.32 Å². The molecule has 1 aliphatic carbocycles. The smallest absolute Gasteiger partial charge is 0.355 e. The Balaban J connectivity index is 2.01. The molecule has 0 radical (unpaired) electrons. The summed E-state index contributed by atoms with van der Waals surface area (Å²) in [7, 11) is 0. The van der Waals surface area contributed by atoms with E-state index in [9.17, 15) is 4.79 Å². The molecule has 0 aromatic carbocycles. The van der Waals surface area contributed by atoms with Crippen LogP contribution >= 0.6 is 11.3 Å². The second-order valence-electron chi connectivity index (χ2n) is 4.00. The first-order valence-electron chi connectivity index (χ1n) is 5.12. The van der Waals surface area contributed by atoms with E-state index in [1.165, 1.54) is 24.2 Å². The van der Waals surface area contributed by atoms with E-state index in [4.69, 9.17) is 5.11 Å². The van der Waals surface area contributed by atoms with Crippen molar-refractivity contribution in [1.29, 1.82) is 0 Å². The Bertz CT molecular complexity index is 364. The molecule has 0 aliphatic heterocycles. The Hall–Kier alpha value is -1.10. The van der Waals surface area contributed by atoms with Gasteiger partial charge in [-0.2, -0.15) is 0 Å². The molecule has 2 rings (SSSR count). The lowest BCUT2D eigenvalue weighted by molar-refractivity contribution is 0.0691. The van der Waals surface area contributed by atoms with Crippen molar-refractivity contribution in [2.45, 2.75) is 32.2 Å². The van der Waals surface area contributed by atoms with E-state index in [1.54, 1.807) is 5.38 Å². The molecule has 0 amide bonds. The number of rotatable bonds is 3. The van der Waals surface area contributed by atoms with Crippen molar-refractivity contribution in [1.82, 2.24) is 4.98 Å². The van der Waals surface area contributed by atoms with E-state index in [0.29, 0.717) is 12.0 Å². The molecule has 2 N–H and O–H groups in total. The maximum Gasteiger partial charge on any atom is 0.355 e. The van der Waals surface area contributed by atoms with Crippen LogP contribution < -0.4 is 5.32 Å². The molecule has 1 saturated carbocycles. The van der Waals surface area contributed by atoms with Gasteiger partial charge in [0.25, 0.3) is 0 Å². The average molecular weight is 226 g/mol. The fourth-order valence-electron chi connectivity index (χ4n) is 1.96. The fourth-order valence-corrected chi connectivity index (χ4v) is 2.70. The van der Waals surface area contributed by atoms with Crippen molar-refractivity contribution in [3.8, 4) is 0 Å². The summed E-state index contributed by atoms with van der Waals surface area (Å²) in [5.74, 6) is -0.305. The maximum atomic E-state index is 10.6. The number of carboxylic acid groups (broad SMARTS) is 1. The van der Waals surface area contributed by atoms with Crippen molar-refractivity contribution < 1.29 is 9.90 Å². The number of carboxylic acids is 1. The lowest BCUT2D eigenvalue weighted by atomic mass is 10.1. The summed E-state index contributed by atoms with van der Waals surface area (Å²) >= 11 is 1.36. The Morgan fingerprint density at radius 2 is 2.47 bits per heavy atom. The number of hydrogen-bond acceptors (Lipinski definition) is 4. The van der Waals surface area contributed by atoms with Crippen molar-refractivity contribution in [3.05, 3.63) is 11.1 Å². The first kappa shape index (κ1) is 10.4. The minimum Gasteiger partial charge on any atom is -0.476 e. The molecule has 1 heterocycles. The van der Waals surface area contributed by atoms with E-state index in [-0.39, 0.29) is 5.69 Å². The third kappa shape index (κ3) is 2.28. The van der Waals surface area contributed by atoms with Crippen LogP contribution in [-0.4, -0.2) is 22.1 Å². The lowest BCUT2D eigenvalue weighted by Crippen LogP contribution is -2.21. The summed E-state index contributed by atoms with van der Waals surface area (Å²) in [5, 5.41) is 14.3. The standard InChI is InChI=1S/C10H14N2O2S/c1-6-3-2-4-7(6)11-10-12-8(5-15-10)9(13)14/h5-7H,2-4H2,1H3,(H,11,12)(H,13,14). The molecular formula is C10H14N2O2S. The maximum absolute atomic E-state index is 10.6. The number of aromatic carboxylic acids is 1. The van der Waals surface area contributed by atoms with Gasteiger partial charge in [-0.05, 0) is 18.8 Å². The normalized spacial score (nSPS) is 25.4. The molecule has 2 atom stereocenters. The number of carbonyl (C=O) groups is 1. The van der Waals surface area contributed by atoms with Gasteiger partial charge in [-0.1, -0.05) is 13.3 Å². The highest BCUT2D eigenvalue weighted by molar-refractivity contribution is 7.13. The van der Waals surface area contributed by atoms with Crippen LogP contribution in [0.5, 0.6) is 0 Å². The zero-order chi connectivity index (χ0) is 10.8. The van der Waals surface area contributed by atoms with Crippen LogP contribution in [0.15, 0.2) is 5.38 Å². The molecule has 0 saturated heterocycles. The molecular weight excluding hydrogens is 212 g/mol. The van der Waals surface area contributed by atoms with Gasteiger partial charge in [-0.25, -0.2) is 9.78 Å². The largest absolute Gasteiger partial charge is 0.476 e. The molecule has 0 bridgehead atoms. The molecule has 15 heavy (non-hydrogen) atoms. The molecule has 1 aromatic heterocycles. The van der Waals surface area contributed by atoms with Crippen molar-refractivity contribution >= 4 is 22.4 Å². The zero-order valence-electron chi connectivity index (χ0n) is 8.56. The van der Waals surface area contributed by atoms with Crippen LogP contribution in [0, 0.1) is 5.92 Å². The molecule has 1 fully saturated rings. The second-order valence-corrected chi connectivity index (χ2v) is 4.86. The number of nitrogens with zero attached hydrogens (tertiary/aromatic N) is 1. The van der Waals surface area contributed by atoms with Crippen LogP contribution in [0.2, 0.25) is 0 Å². The first-order chi connectivity index (χ1) is 7.16. The number of thiazole rings is 1. The summed E-state index contributed by atoms with van der Waals surface area (Å²) in [6.45, 7) is 2.22. The van der Waals surface area contributed by atoms with Crippen molar-refractivity contribution in [3.63, 3.8) is 0 Å². The number of anilines is 1. The van der Waals surface area contributed by atoms with Crippen molar-refractivity contribution in [2.24, 2.45) is 5.92 Å². The molecule has 4 nitrogen and oxygen atoms in total. The quantitative estimate of drug-likeness (QED) is 0.831. The van der Waals surface area contributed by atoms with Gasteiger partial charge in [0, 0.05) is 11.4 Å². The Kier molecular flexibility index (Phi) is 2.90. The summed E-state index contributed by atoms with van der Waals surface area (Å²) in [5.41, 5.74) is 0.133.